The first-order chi connectivity index (χ1) is 7.81. The third kappa shape index (κ3) is 11.6. The summed E-state index contributed by atoms with van der Waals surface area (Å²) in [5.74, 6) is 1.27. The number of thioether (sulfide) groups is 1. The van der Waals surface area contributed by atoms with Gasteiger partial charge < -0.3 is 5.32 Å². The Kier molecular flexibility index (Phi) is 12.3. The van der Waals surface area contributed by atoms with E-state index in [1.165, 1.54) is 25.7 Å². The molecule has 0 aliphatic rings. The summed E-state index contributed by atoms with van der Waals surface area (Å²) in [5.41, 5.74) is 0. The Labute approximate surface area is 104 Å². The third-order valence-corrected chi connectivity index (χ3v) is 3.00. The van der Waals surface area contributed by atoms with Crippen molar-refractivity contribution in [3.8, 4) is 0 Å². The van der Waals surface area contributed by atoms with E-state index in [0.29, 0.717) is 13.0 Å². The van der Waals surface area contributed by atoms with E-state index in [1.807, 2.05) is 11.5 Å². The van der Waals surface area contributed by atoms with Gasteiger partial charge in [0.1, 0.15) is 0 Å². The lowest BCUT2D eigenvalue weighted by atomic mass is 10.1. The van der Waals surface area contributed by atoms with Crippen LogP contribution in [-0.4, -0.2) is 18.2 Å². The number of hydrogen-bond donors (Lipinski definition) is 1. The monoisotopic (exact) mass is 243 g/mol. The van der Waals surface area contributed by atoms with E-state index >= 15 is 0 Å². The Balaban J connectivity index is 3.24. The minimum absolute atomic E-state index is 0.183. The van der Waals surface area contributed by atoms with Crippen LogP contribution in [0.25, 0.3) is 0 Å². The summed E-state index contributed by atoms with van der Waals surface area (Å²) in [6, 6.07) is 0. The molecule has 3 heteroatoms. The van der Waals surface area contributed by atoms with Crippen molar-refractivity contribution in [2.75, 3.05) is 12.3 Å². The molecule has 1 N–H and O–H groups in total. The van der Waals surface area contributed by atoms with Gasteiger partial charge in [-0.1, -0.05) is 45.6 Å². The number of unbranched alkanes of at least 4 members (excludes halogenated alkanes) is 4. The predicted molar refractivity (Wildman–Crippen MR) is 73.7 cm³/mol. The molecule has 0 aromatic carbocycles. The Hall–Kier alpha value is -0.440. The van der Waals surface area contributed by atoms with E-state index in [9.17, 15) is 4.79 Å². The van der Waals surface area contributed by atoms with Crippen LogP contribution >= 0.6 is 11.8 Å². The largest absolute Gasteiger partial charge is 0.353 e. The summed E-state index contributed by atoms with van der Waals surface area (Å²) in [5, 5.41) is 4.94. The second kappa shape index (κ2) is 12.6. The second-order valence-corrected chi connectivity index (χ2v) is 4.98. The Morgan fingerprint density at radius 2 is 1.94 bits per heavy atom. The third-order valence-electron chi connectivity index (χ3n) is 2.28. The summed E-state index contributed by atoms with van der Waals surface area (Å²) < 4.78 is 0. The molecule has 0 aliphatic heterocycles. The first-order valence-electron chi connectivity index (χ1n) is 6.34. The van der Waals surface area contributed by atoms with Crippen LogP contribution in [0.1, 0.15) is 52.4 Å². The van der Waals surface area contributed by atoms with Gasteiger partial charge in [-0.15, -0.1) is 11.8 Å². The van der Waals surface area contributed by atoms with Crippen molar-refractivity contribution in [3.63, 3.8) is 0 Å². The maximum atomic E-state index is 11.4. The molecule has 0 radical (unpaired) electrons. The predicted octanol–water partition coefficient (Wildman–Crippen LogP) is 3.73. The number of carbonyl (C=O) groups excluding carboxylic acids is 1. The van der Waals surface area contributed by atoms with E-state index in [2.05, 4.69) is 19.2 Å². The molecule has 0 spiro atoms. The van der Waals surface area contributed by atoms with Crippen LogP contribution in [-0.2, 0) is 4.79 Å². The van der Waals surface area contributed by atoms with Gasteiger partial charge in [-0.05, 0) is 17.6 Å². The van der Waals surface area contributed by atoms with Gasteiger partial charge in [-0.3, -0.25) is 4.79 Å². The summed E-state index contributed by atoms with van der Waals surface area (Å²) in [4.78, 5) is 11.4. The molecule has 2 nitrogen and oxygen atoms in total. The van der Waals surface area contributed by atoms with Crippen molar-refractivity contribution in [1.82, 2.24) is 5.32 Å². The molecule has 0 aromatic rings. The number of carbonyl (C=O) groups is 1. The molecule has 0 unspecified atom stereocenters. The van der Waals surface area contributed by atoms with Gasteiger partial charge in [0, 0.05) is 13.0 Å². The molecule has 0 aromatic heterocycles. The normalized spacial score (nSPS) is 10.9. The molecule has 1 amide bonds. The minimum atomic E-state index is 0.183. The molecule has 0 heterocycles. The summed E-state index contributed by atoms with van der Waals surface area (Å²) in [6.45, 7) is 4.98. The SMILES string of the molecule is CCCCCCCC(=O)NC/C=C/SCC. The van der Waals surface area contributed by atoms with Gasteiger partial charge in [-0.25, -0.2) is 0 Å². The Morgan fingerprint density at radius 1 is 1.19 bits per heavy atom. The highest BCUT2D eigenvalue weighted by atomic mass is 32.2. The topological polar surface area (TPSA) is 29.1 Å². The van der Waals surface area contributed by atoms with Gasteiger partial charge >= 0.3 is 0 Å². The van der Waals surface area contributed by atoms with E-state index in [4.69, 9.17) is 0 Å². The maximum absolute atomic E-state index is 11.4. The molecule has 0 fully saturated rings. The zero-order chi connectivity index (χ0) is 12.1. The zero-order valence-corrected chi connectivity index (χ0v) is 11.4. The van der Waals surface area contributed by atoms with E-state index in [-0.39, 0.29) is 5.91 Å². The zero-order valence-electron chi connectivity index (χ0n) is 10.6. The van der Waals surface area contributed by atoms with E-state index in [0.717, 1.165) is 12.2 Å². The Morgan fingerprint density at radius 3 is 2.62 bits per heavy atom. The van der Waals surface area contributed by atoms with Gasteiger partial charge in [0.15, 0.2) is 0 Å². The number of rotatable bonds is 10. The highest BCUT2D eigenvalue weighted by Crippen LogP contribution is 2.04. The highest BCUT2D eigenvalue weighted by Gasteiger charge is 1.98. The fraction of sp³-hybridized carbons (Fsp3) is 0.769. The summed E-state index contributed by atoms with van der Waals surface area (Å²) in [7, 11) is 0. The van der Waals surface area contributed by atoms with Crippen LogP contribution in [0.15, 0.2) is 11.5 Å². The first kappa shape index (κ1) is 15.6. The van der Waals surface area contributed by atoms with E-state index < -0.39 is 0 Å². The fourth-order valence-corrected chi connectivity index (χ4v) is 1.79. The number of amides is 1. The molecule has 94 valence electrons. The minimum Gasteiger partial charge on any atom is -0.353 e. The van der Waals surface area contributed by atoms with Crippen molar-refractivity contribution in [2.45, 2.75) is 52.4 Å². The van der Waals surface area contributed by atoms with Crippen LogP contribution in [0.4, 0.5) is 0 Å². The molecule has 0 saturated carbocycles. The molecule has 0 bridgehead atoms. The highest BCUT2D eigenvalue weighted by molar-refractivity contribution is 8.02. The number of nitrogens with one attached hydrogen (secondary N) is 1. The van der Waals surface area contributed by atoms with Gasteiger partial charge in [-0.2, -0.15) is 0 Å². The summed E-state index contributed by atoms with van der Waals surface area (Å²) >= 11 is 1.75. The molecule has 0 rings (SSSR count). The molecule has 16 heavy (non-hydrogen) atoms. The van der Waals surface area contributed by atoms with Gasteiger partial charge in [0.05, 0.1) is 0 Å². The fourth-order valence-electron chi connectivity index (χ4n) is 1.36. The van der Waals surface area contributed by atoms with Crippen LogP contribution < -0.4 is 5.32 Å². The standard InChI is InChI=1S/C13H25NOS/c1-3-5-6-7-8-10-13(15)14-11-9-12-16-4-2/h9,12H,3-8,10-11H2,1-2H3,(H,14,15)/b12-9+. The average molecular weight is 243 g/mol. The molecular weight excluding hydrogens is 218 g/mol. The molecule has 0 atom stereocenters. The average Bonchev–Trinajstić information content (AvgIpc) is 2.28. The smallest absolute Gasteiger partial charge is 0.220 e. The van der Waals surface area contributed by atoms with Crippen LogP contribution in [0, 0.1) is 0 Å². The van der Waals surface area contributed by atoms with E-state index in [1.54, 1.807) is 11.8 Å². The Bertz CT molecular complexity index is 192. The number of hydrogen-bond acceptors (Lipinski definition) is 2. The van der Waals surface area contributed by atoms with Crippen molar-refractivity contribution in [3.05, 3.63) is 11.5 Å². The lowest BCUT2D eigenvalue weighted by molar-refractivity contribution is -0.121. The van der Waals surface area contributed by atoms with Crippen LogP contribution in [0.2, 0.25) is 0 Å². The van der Waals surface area contributed by atoms with Crippen molar-refractivity contribution in [2.24, 2.45) is 0 Å². The lowest BCUT2D eigenvalue weighted by Crippen LogP contribution is -2.22. The maximum Gasteiger partial charge on any atom is 0.220 e. The molecule has 0 saturated heterocycles. The quantitative estimate of drug-likeness (QED) is 0.592. The second-order valence-electron chi connectivity index (χ2n) is 3.80. The van der Waals surface area contributed by atoms with Crippen LogP contribution in [0.5, 0.6) is 0 Å². The lowest BCUT2D eigenvalue weighted by Gasteiger charge is -2.02. The first-order valence-corrected chi connectivity index (χ1v) is 7.39. The van der Waals surface area contributed by atoms with Crippen molar-refractivity contribution in [1.29, 1.82) is 0 Å². The summed E-state index contributed by atoms with van der Waals surface area (Å²) in [6.07, 6.45) is 8.70. The van der Waals surface area contributed by atoms with Gasteiger partial charge in [0.25, 0.3) is 0 Å². The molecule has 0 aliphatic carbocycles. The van der Waals surface area contributed by atoms with Gasteiger partial charge in [0.2, 0.25) is 5.91 Å². The van der Waals surface area contributed by atoms with Crippen molar-refractivity contribution < 1.29 is 4.79 Å². The van der Waals surface area contributed by atoms with Crippen molar-refractivity contribution >= 4 is 17.7 Å². The van der Waals surface area contributed by atoms with Crippen LogP contribution in [0.3, 0.4) is 0 Å². The molecular formula is C13H25NOS.